The number of nitrogens with zero attached hydrogens (tertiary/aromatic N) is 1. The summed E-state index contributed by atoms with van der Waals surface area (Å²) in [4.78, 5) is 31.7. The highest BCUT2D eigenvalue weighted by atomic mass is 19.1. The minimum Gasteiger partial charge on any atom is -0.350 e. The fourth-order valence-electron chi connectivity index (χ4n) is 3.10. The molecule has 3 aromatic rings. The Morgan fingerprint density at radius 1 is 1.23 bits per heavy atom. The van der Waals surface area contributed by atoms with E-state index in [0.717, 1.165) is 0 Å². The second-order valence-electron chi connectivity index (χ2n) is 5.97. The molecular weight excluding hydrogens is 335 g/mol. The van der Waals surface area contributed by atoms with Gasteiger partial charge in [-0.05, 0) is 35.9 Å². The molecule has 0 saturated carbocycles. The van der Waals surface area contributed by atoms with E-state index in [0.29, 0.717) is 40.0 Å². The first-order valence-electron chi connectivity index (χ1n) is 8.10. The van der Waals surface area contributed by atoms with Crippen LogP contribution in [-0.2, 0) is 4.79 Å². The van der Waals surface area contributed by atoms with Crippen molar-refractivity contribution in [1.82, 2.24) is 15.3 Å². The summed E-state index contributed by atoms with van der Waals surface area (Å²) in [5, 5.41) is 6.13. The molecular formula is C19H15FN4O2. The van der Waals surface area contributed by atoms with Crippen molar-refractivity contribution < 1.29 is 14.0 Å². The highest BCUT2D eigenvalue weighted by Crippen LogP contribution is 2.32. The summed E-state index contributed by atoms with van der Waals surface area (Å²) in [5.74, 6) is -0.907. The van der Waals surface area contributed by atoms with Gasteiger partial charge in [0, 0.05) is 41.1 Å². The van der Waals surface area contributed by atoms with Crippen molar-refractivity contribution in [2.24, 2.45) is 0 Å². The molecule has 26 heavy (non-hydrogen) atoms. The van der Waals surface area contributed by atoms with Crippen LogP contribution in [0.15, 0.2) is 48.8 Å². The summed E-state index contributed by atoms with van der Waals surface area (Å²) in [6.45, 7) is 0.302. The minimum absolute atomic E-state index is 0.0632. The number of nitrogens with one attached hydrogen (secondary N) is 3. The number of pyridine rings is 1. The summed E-state index contributed by atoms with van der Waals surface area (Å²) < 4.78 is 13.7. The topological polar surface area (TPSA) is 86.9 Å². The number of carbonyl (C=O) groups is 2. The smallest absolute Gasteiger partial charge is 0.268 e. The summed E-state index contributed by atoms with van der Waals surface area (Å²) in [7, 11) is 0. The van der Waals surface area contributed by atoms with Crippen LogP contribution >= 0.6 is 0 Å². The zero-order valence-corrected chi connectivity index (χ0v) is 13.7. The number of H-pyrrole nitrogens is 1. The van der Waals surface area contributed by atoms with Crippen molar-refractivity contribution in [3.8, 4) is 0 Å². The molecule has 1 aromatic carbocycles. The molecule has 0 unspecified atom stereocenters. The fourth-order valence-corrected chi connectivity index (χ4v) is 3.10. The van der Waals surface area contributed by atoms with Crippen LogP contribution in [-0.4, -0.2) is 28.3 Å². The van der Waals surface area contributed by atoms with E-state index in [-0.39, 0.29) is 18.2 Å². The Bertz CT molecular complexity index is 1040. The Kier molecular flexibility index (Phi) is 3.96. The molecule has 0 aliphatic carbocycles. The highest BCUT2D eigenvalue weighted by molar-refractivity contribution is 6.10. The number of fused-ring (bicyclic) bond motifs is 3. The molecule has 1 aliphatic heterocycles. The zero-order valence-electron chi connectivity index (χ0n) is 13.7. The molecule has 130 valence electrons. The summed E-state index contributed by atoms with van der Waals surface area (Å²) in [6, 6.07) is 7.67. The van der Waals surface area contributed by atoms with E-state index in [1.807, 2.05) is 0 Å². The van der Waals surface area contributed by atoms with Gasteiger partial charge in [0.2, 0.25) is 5.91 Å². The van der Waals surface area contributed by atoms with Gasteiger partial charge in [-0.15, -0.1) is 0 Å². The lowest BCUT2D eigenvalue weighted by Gasteiger charge is -2.08. The van der Waals surface area contributed by atoms with Crippen LogP contribution in [0.3, 0.4) is 0 Å². The van der Waals surface area contributed by atoms with Crippen molar-refractivity contribution in [2.45, 2.75) is 6.42 Å². The number of carbonyl (C=O) groups excluding carboxylic acids is 2. The number of halogens is 1. The molecule has 0 radical (unpaired) electrons. The first-order valence-corrected chi connectivity index (χ1v) is 8.10. The van der Waals surface area contributed by atoms with E-state index < -0.39 is 5.82 Å². The number of aromatic nitrogens is 2. The Morgan fingerprint density at radius 2 is 2.04 bits per heavy atom. The first kappa shape index (κ1) is 16.0. The van der Waals surface area contributed by atoms with Crippen molar-refractivity contribution in [3.63, 3.8) is 0 Å². The number of amides is 2. The molecule has 4 rings (SSSR count). The maximum atomic E-state index is 13.7. The van der Waals surface area contributed by atoms with Gasteiger partial charge in [0.05, 0.1) is 6.42 Å². The van der Waals surface area contributed by atoms with Gasteiger partial charge in [0.1, 0.15) is 11.5 Å². The molecule has 0 saturated heterocycles. The van der Waals surface area contributed by atoms with Crippen LogP contribution in [0.1, 0.15) is 22.5 Å². The molecule has 7 heteroatoms. The number of benzene rings is 1. The molecule has 0 spiro atoms. The van der Waals surface area contributed by atoms with E-state index in [4.69, 9.17) is 0 Å². The van der Waals surface area contributed by atoms with Gasteiger partial charge in [-0.1, -0.05) is 6.08 Å². The Balaban J connectivity index is 1.71. The van der Waals surface area contributed by atoms with Crippen LogP contribution in [0.2, 0.25) is 0 Å². The molecule has 1 aliphatic rings. The van der Waals surface area contributed by atoms with Crippen LogP contribution in [0, 0.1) is 5.82 Å². The Labute approximate surface area is 148 Å². The predicted octanol–water partition coefficient (Wildman–Crippen LogP) is 2.86. The van der Waals surface area contributed by atoms with E-state index in [9.17, 15) is 14.0 Å². The van der Waals surface area contributed by atoms with Crippen LogP contribution in [0.4, 0.5) is 10.1 Å². The van der Waals surface area contributed by atoms with Crippen molar-refractivity contribution in [2.75, 3.05) is 11.9 Å². The molecule has 0 bridgehead atoms. The molecule has 3 N–H and O–H groups in total. The minimum atomic E-state index is -0.399. The Morgan fingerprint density at radius 3 is 2.85 bits per heavy atom. The molecule has 0 atom stereocenters. The third-order valence-electron chi connectivity index (χ3n) is 4.23. The summed E-state index contributed by atoms with van der Waals surface area (Å²) in [5.41, 5.74) is 2.86. The third kappa shape index (κ3) is 2.95. The highest BCUT2D eigenvalue weighted by Gasteiger charge is 2.24. The number of hydrogen-bond acceptors (Lipinski definition) is 3. The van der Waals surface area contributed by atoms with E-state index in [1.165, 1.54) is 12.1 Å². The summed E-state index contributed by atoms with van der Waals surface area (Å²) in [6.07, 6.45) is 5.02. The monoisotopic (exact) mass is 350 g/mol. The number of anilines is 1. The molecule has 2 aromatic heterocycles. The van der Waals surface area contributed by atoms with E-state index in [2.05, 4.69) is 20.6 Å². The van der Waals surface area contributed by atoms with E-state index >= 15 is 0 Å². The molecule has 0 fully saturated rings. The quantitative estimate of drug-likeness (QED) is 0.679. The SMILES string of the molecule is O=C(CC1=CCNC(=O)c2[nH]c3ccc(F)cc3c21)Nc1ccncc1. The fraction of sp³-hybridized carbons (Fsp3) is 0.105. The standard InChI is InChI=1S/C19H15FN4O2/c20-12-1-2-15-14(10-12)17-11(3-8-22-19(26)18(17)24-15)9-16(25)23-13-4-6-21-7-5-13/h1-7,10,24H,8-9H2,(H,22,26)(H,21,23,25). The zero-order chi connectivity index (χ0) is 18.1. The number of rotatable bonds is 3. The molecule has 2 amide bonds. The lowest BCUT2D eigenvalue weighted by Crippen LogP contribution is -2.22. The summed E-state index contributed by atoms with van der Waals surface area (Å²) >= 11 is 0. The van der Waals surface area contributed by atoms with Gasteiger partial charge in [-0.25, -0.2) is 4.39 Å². The van der Waals surface area contributed by atoms with Crippen LogP contribution < -0.4 is 10.6 Å². The van der Waals surface area contributed by atoms with Crippen molar-refractivity contribution in [3.05, 3.63) is 65.9 Å². The van der Waals surface area contributed by atoms with Crippen LogP contribution in [0.25, 0.3) is 16.5 Å². The lowest BCUT2D eigenvalue weighted by molar-refractivity contribution is -0.115. The van der Waals surface area contributed by atoms with Gasteiger partial charge in [-0.2, -0.15) is 0 Å². The largest absolute Gasteiger partial charge is 0.350 e. The normalized spacial score (nSPS) is 13.6. The maximum absolute atomic E-state index is 13.7. The number of aromatic amines is 1. The average Bonchev–Trinajstić information content (AvgIpc) is 2.93. The van der Waals surface area contributed by atoms with Gasteiger partial charge in [0.15, 0.2) is 0 Å². The average molecular weight is 350 g/mol. The van der Waals surface area contributed by atoms with E-state index in [1.54, 1.807) is 36.7 Å². The third-order valence-corrected chi connectivity index (χ3v) is 4.23. The maximum Gasteiger partial charge on any atom is 0.268 e. The van der Waals surface area contributed by atoms with Gasteiger partial charge in [0.25, 0.3) is 5.91 Å². The lowest BCUT2D eigenvalue weighted by atomic mass is 9.98. The Hall–Kier alpha value is -3.48. The van der Waals surface area contributed by atoms with Gasteiger partial charge >= 0.3 is 0 Å². The molecule has 6 nitrogen and oxygen atoms in total. The first-order chi connectivity index (χ1) is 12.6. The molecule has 3 heterocycles. The van der Waals surface area contributed by atoms with Crippen LogP contribution in [0.5, 0.6) is 0 Å². The van der Waals surface area contributed by atoms with Crippen molar-refractivity contribution >= 4 is 34.0 Å². The second-order valence-corrected chi connectivity index (χ2v) is 5.97. The van der Waals surface area contributed by atoms with Gasteiger partial charge < -0.3 is 15.6 Å². The van der Waals surface area contributed by atoms with Crippen molar-refractivity contribution in [1.29, 1.82) is 0 Å². The van der Waals surface area contributed by atoms with Gasteiger partial charge in [-0.3, -0.25) is 14.6 Å². The predicted molar refractivity (Wildman–Crippen MR) is 96.1 cm³/mol. The number of hydrogen-bond donors (Lipinski definition) is 3. The second kappa shape index (κ2) is 6.44.